The van der Waals surface area contributed by atoms with Crippen LogP contribution in [-0.4, -0.2) is 41.7 Å². The molecule has 1 aliphatic rings. The molecule has 1 aliphatic heterocycles. The van der Waals surface area contributed by atoms with Crippen LogP contribution in [0.4, 0.5) is 4.39 Å². The number of halogens is 1. The molecule has 40 heavy (non-hydrogen) atoms. The Kier molecular flexibility index (Phi) is 7.60. The molecule has 0 aliphatic carbocycles. The van der Waals surface area contributed by atoms with Crippen LogP contribution in [0, 0.1) is 5.82 Å². The normalized spacial score (nSPS) is 14.3. The van der Waals surface area contributed by atoms with Crippen LogP contribution in [0.2, 0.25) is 0 Å². The lowest BCUT2D eigenvalue weighted by Gasteiger charge is -2.29. The van der Waals surface area contributed by atoms with E-state index in [2.05, 4.69) is 29.0 Å². The first-order chi connectivity index (χ1) is 19.6. The Balaban J connectivity index is 1.40. The van der Waals surface area contributed by atoms with Gasteiger partial charge in [0.25, 0.3) is 0 Å². The molecule has 1 atom stereocenters. The number of fused-ring (bicyclic) bond motifs is 1. The van der Waals surface area contributed by atoms with Crippen molar-refractivity contribution in [3.05, 3.63) is 132 Å². The maximum Gasteiger partial charge on any atom is 0.223 e. The highest BCUT2D eigenvalue weighted by Gasteiger charge is 2.26. The van der Waals surface area contributed by atoms with Crippen LogP contribution >= 0.6 is 0 Å². The van der Waals surface area contributed by atoms with E-state index in [0.717, 1.165) is 39.1 Å². The number of nitrogens with zero attached hydrogens (tertiary/aromatic N) is 2. The van der Waals surface area contributed by atoms with Gasteiger partial charge in [-0.15, -0.1) is 0 Å². The third kappa shape index (κ3) is 5.77. The molecule has 5 nitrogen and oxygen atoms in total. The first kappa shape index (κ1) is 25.8. The lowest BCUT2D eigenvalue weighted by molar-refractivity contribution is -0.135. The summed E-state index contributed by atoms with van der Waals surface area (Å²) in [4.78, 5) is 15.5. The summed E-state index contributed by atoms with van der Waals surface area (Å²) in [6.07, 6.45) is 2.48. The van der Waals surface area contributed by atoms with E-state index in [1.807, 2.05) is 77.7 Å². The molecule has 0 bridgehead atoms. The molecule has 0 radical (unpaired) electrons. The molecule has 202 valence electrons. The van der Waals surface area contributed by atoms with Crippen LogP contribution in [0.1, 0.15) is 29.0 Å². The zero-order chi connectivity index (χ0) is 27.3. The second-order valence-electron chi connectivity index (χ2n) is 10.1. The molecule has 0 N–H and O–H groups in total. The number of carbonyl (C=O) groups is 1. The molecule has 0 spiro atoms. The highest BCUT2D eigenvalue weighted by atomic mass is 19.1. The van der Waals surface area contributed by atoms with Gasteiger partial charge < -0.3 is 18.9 Å². The minimum absolute atomic E-state index is 0.109. The number of rotatable bonds is 8. The minimum Gasteiger partial charge on any atom is -0.457 e. The van der Waals surface area contributed by atoms with Crippen molar-refractivity contribution in [3.63, 3.8) is 0 Å². The Labute approximate surface area is 233 Å². The molecule has 6 rings (SSSR count). The maximum atomic E-state index is 13.6. The summed E-state index contributed by atoms with van der Waals surface area (Å²) in [5.41, 5.74) is 4.17. The Bertz CT molecular complexity index is 1590. The van der Waals surface area contributed by atoms with Gasteiger partial charge in [0.1, 0.15) is 17.3 Å². The van der Waals surface area contributed by atoms with Gasteiger partial charge in [-0.05, 0) is 59.2 Å². The number of amides is 1. The van der Waals surface area contributed by atoms with E-state index in [1.54, 1.807) is 0 Å². The number of carbonyl (C=O) groups excluding carboxylic acids is 1. The first-order valence-electron chi connectivity index (χ1n) is 13.6. The second-order valence-corrected chi connectivity index (χ2v) is 10.1. The molecular formula is C34H31FN2O3. The van der Waals surface area contributed by atoms with Crippen molar-refractivity contribution in [2.45, 2.75) is 18.9 Å². The summed E-state index contributed by atoms with van der Waals surface area (Å²) in [6, 6.07) is 32.6. The van der Waals surface area contributed by atoms with Crippen molar-refractivity contribution in [1.82, 2.24) is 9.47 Å². The molecule has 1 fully saturated rings. The lowest BCUT2D eigenvalue weighted by atomic mass is 9.87. The topological polar surface area (TPSA) is 43.7 Å². The van der Waals surface area contributed by atoms with Gasteiger partial charge in [-0.25, -0.2) is 4.39 Å². The maximum absolute atomic E-state index is 13.6. The summed E-state index contributed by atoms with van der Waals surface area (Å²) in [5, 5.41) is 1.10. The largest absolute Gasteiger partial charge is 0.457 e. The average Bonchev–Trinajstić information content (AvgIpc) is 3.36. The molecule has 5 aromatic rings. The smallest absolute Gasteiger partial charge is 0.223 e. The fourth-order valence-corrected chi connectivity index (χ4v) is 5.41. The summed E-state index contributed by atoms with van der Waals surface area (Å²) in [5.74, 6) is 1.16. The molecule has 2 heterocycles. The quantitative estimate of drug-likeness (QED) is 0.215. The molecular weight excluding hydrogens is 503 g/mol. The second kappa shape index (κ2) is 11.8. The summed E-state index contributed by atoms with van der Waals surface area (Å²) < 4.78 is 27.4. The van der Waals surface area contributed by atoms with E-state index in [4.69, 9.17) is 9.47 Å². The van der Waals surface area contributed by atoms with Gasteiger partial charge in [0.15, 0.2) is 0 Å². The number of ether oxygens (including phenoxy) is 2. The molecule has 6 heteroatoms. The van der Waals surface area contributed by atoms with Gasteiger partial charge in [0.2, 0.25) is 5.91 Å². The van der Waals surface area contributed by atoms with Crippen molar-refractivity contribution < 1.29 is 18.7 Å². The van der Waals surface area contributed by atoms with E-state index >= 15 is 0 Å². The van der Waals surface area contributed by atoms with Crippen molar-refractivity contribution in [2.24, 2.45) is 0 Å². The highest BCUT2D eigenvalue weighted by Crippen LogP contribution is 2.37. The van der Waals surface area contributed by atoms with E-state index in [9.17, 15) is 9.18 Å². The van der Waals surface area contributed by atoms with E-state index < -0.39 is 0 Å². The van der Waals surface area contributed by atoms with Gasteiger partial charge in [-0.2, -0.15) is 0 Å². The van der Waals surface area contributed by atoms with Crippen LogP contribution in [-0.2, 0) is 16.1 Å². The molecule has 0 unspecified atom stereocenters. The average molecular weight is 535 g/mol. The van der Waals surface area contributed by atoms with Gasteiger partial charge in [0.05, 0.1) is 13.2 Å². The van der Waals surface area contributed by atoms with Gasteiger partial charge >= 0.3 is 0 Å². The Morgan fingerprint density at radius 3 is 2.38 bits per heavy atom. The number of para-hydroxylation sites is 2. The zero-order valence-electron chi connectivity index (χ0n) is 22.2. The minimum atomic E-state index is -0.249. The highest BCUT2D eigenvalue weighted by molar-refractivity contribution is 5.87. The van der Waals surface area contributed by atoms with Crippen LogP contribution in [0.25, 0.3) is 10.9 Å². The monoisotopic (exact) mass is 534 g/mol. The van der Waals surface area contributed by atoms with Gasteiger partial charge in [-0.3, -0.25) is 4.79 Å². The molecule has 4 aromatic carbocycles. The van der Waals surface area contributed by atoms with Crippen molar-refractivity contribution in [2.75, 3.05) is 26.3 Å². The molecule has 1 saturated heterocycles. The van der Waals surface area contributed by atoms with E-state index in [-0.39, 0.29) is 17.6 Å². The SMILES string of the molecule is O=C(C[C@@H](c1cccc(Oc2ccccc2)c1)c1cn(Cc2ccc(F)cc2)c2ccccc12)N1CCOCC1. The summed E-state index contributed by atoms with van der Waals surface area (Å²) in [7, 11) is 0. The molecule has 1 amide bonds. The van der Waals surface area contributed by atoms with Crippen LogP contribution < -0.4 is 4.74 Å². The van der Waals surface area contributed by atoms with Gasteiger partial charge in [0, 0.05) is 49.1 Å². The number of hydrogen-bond acceptors (Lipinski definition) is 3. The predicted octanol–water partition coefficient (Wildman–Crippen LogP) is 7.00. The predicted molar refractivity (Wildman–Crippen MR) is 154 cm³/mol. The standard InChI is InChI=1S/C34H31FN2O3/c35-27-15-13-25(14-16-27)23-37-24-32(30-11-4-5-12-33(30)37)31(22-34(38)36-17-19-39-20-18-36)26-7-6-10-29(21-26)40-28-8-2-1-3-9-28/h1-16,21,24,31H,17-20,22-23H2/t31-/m0/s1. The number of morpholine rings is 1. The summed E-state index contributed by atoms with van der Waals surface area (Å²) >= 11 is 0. The van der Waals surface area contributed by atoms with E-state index in [0.29, 0.717) is 39.3 Å². The first-order valence-corrected chi connectivity index (χ1v) is 13.6. The number of benzene rings is 4. The fourth-order valence-electron chi connectivity index (χ4n) is 5.41. The molecule has 1 aromatic heterocycles. The molecule has 0 saturated carbocycles. The van der Waals surface area contributed by atoms with E-state index in [1.165, 1.54) is 12.1 Å². The van der Waals surface area contributed by atoms with Crippen molar-refractivity contribution in [3.8, 4) is 11.5 Å². The third-order valence-electron chi connectivity index (χ3n) is 7.44. The Morgan fingerprint density at radius 2 is 1.57 bits per heavy atom. The fraction of sp³-hybridized carbons (Fsp3) is 0.206. The lowest BCUT2D eigenvalue weighted by Crippen LogP contribution is -2.41. The Morgan fingerprint density at radius 1 is 0.850 bits per heavy atom. The number of aromatic nitrogens is 1. The van der Waals surface area contributed by atoms with Crippen molar-refractivity contribution in [1.29, 1.82) is 0 Å². The van der Waals surface area contributed by atoms with Crippen molar-refractivity contribution >= 4 is 16.8 Å². The van der Waals surface area contributed by atoms with Crippen LogP contribution in [0.3, 0.4) is 0 Å². The third-order valence-corrected chi connectivity index (χ3v) is 7.44. The zero-order valence-corrected chi connectivity index (χ0v) is 22.2. The van der Waals surface area contributed by atoms with Gasteiger partial charge in [-0.1, -0.05) is 60.7 Å². The summed E-state index contributed by atoms with van der Waals surface area (Å²) in [6.45, 7) is 2.94. The van der Waals surface area contributed by atoms with Crippen LogP contribution in [0.15, 0.2) is 109 Å². The Hall–Kier alpha value is -4.42. The number of hydrogen-bond donors (Lipinski definition) is 0. The van der Waals surface area contributed by atoms with Crippen LogP contribution in [0.5, 0.6) is 11.5 Å².